The van der Waals surface area contributed by atoms with Crippen molar-refractivity contribution in [1.29, 1.82) is 0 Å². The molecule has 0 aliphatic heterocycles. The number of benzene rings is 2. The van der Waals surface area contributed by atoms with Crippen molar-refractivity contribution in [3.05, 3.63) is 65.5 Å². The fourth-order valence-electron chi connectivity index (χ4n) is 2.57. The van der Waals surface area contributed by atoms with Gasteiger partial charge in [-0.3, -0.25) is 4.98 Å². The molecule has 4 rings (SSSR count). The van der Waals surface area contributed by atoms with Crippen LogP contribution in [0.15, 0.2) is 65.5 Å². The highest BCUT2D eigenvalue weighted by Gasteiger charge is 2.12. The first-order chi connectivity index (χ1) is 11.7. The lowest BCUT2D eigenvalue weighted by molar-refractivity contribution is 0.460. The van der Waals surface area contributed by atoms with Crippen molar-refractivity contribution in [1.82, 2.24) is 19.5 Å². The maximum absolute atomic E-state index is 5.67. The second-order valence-corrected chi connectivity index (χ2v) is 6.13. The van der Waals surface area contributed by atoms with Crippen LogP contribution >= 0.6 is 15.9 Å². The Morgan fingerprint density at radius 2 is 1.88 bits per heavy atom. The zero-order valence-electron chi connectivity index (χ0n) is 12.8. The first-order valence-corrected chi connectivity index (χ1v) is 8.17. The van der Waals surface area contributed by atoms with Gasteiger partial charge in [0.2, 0.25) is 5.88 Å². The van der Waals surface area contributed by atoms with Crippen molar-refractivity contribution in [3.8, 4) is 23.0 Å². The molecule has 2 heterocycles. The highest BCUT2D eigenvalue weighted by Crippen LogP contribution is 2.29. The average Bonchev–Trinajstić information content (AvgIpc) is 2.95. The molecule has 118 valence electrons. The molecule has 2 aromatic heterocycles. The van der Waals surface area contributed by atoms with Crippen molar-refractivity contribution in [2.75, 3.05) is 0 Å². The van der Waals surface area contributed by atoms with E-state index in [0.717, 1.165) is 26.9 Å². The van der Waals surface area contributed by atoms with Crippen LogP contribution in [0.4, 0.5) is 0 Å². The smallest absolute Gasteiger partial charge is 0.237 e. The van der Waals surface area contributed by atoms with Gasteiger partial charge in [0.15, 0.2) is 0 Å². The van der Waals surface area contributed by atoms with Crippen molar-refractivity contribution >= 4 is 27.0 Å². The molecule has 6 heteroatoms. The summed E-state index contributed by atoms with van der Waals surface area (Å²) in [5.74, 6) is 2.08. The Bertz CT molecular complexity index is 997. The molecule has 0 spiro atoms. The largest absolute Gasteiger partial charge is 0.438 e. The Kier molecular flexibility index (Phi) is 3.74. The standard InChI is InChI=1S/C18H13BrN4O/c1-23-15-4-2-3-14(19)17(15)22-18(23)12-5-7-13(8-6-12)24-16-11-20-9-10-21-16/h2-11H,1H3. The van der Waals surface area contributed by atoms with Crippen LogP contribution in [0, 0.1) is 0 Å². The molecule has 0 atom stereocenters. The monoisotopic (exact) mass is 380 g/mol. The van der Waals surface area contributed by atoms with Gasteiger partial charge in [-0.05, 0) is 52.3 Å². The van der Waals surface area contributed by atoms with Gasteiger partial charge in [0.05, 0.1) is 11.7 Å². The van der Waals surface area contributed by atoms with Crippen LogP contribution in [0.1, 0.15) is 0 Å². The normalized spacial score (nSPS) is 10.9. The van der Waals surface area contributed by atoms with Gasteiger partial charge in [-0.1, -0.05) is 6.07 Å². The second kappa shape index (κ2) is 6.05. The zero-order chi connectivity index (χ0) is 16.5. The number of halogens is 1. The van der Waals surface area contributed by atoms with Crippen molar-refractivity contribution in [3.63, 3.8) is 0 Å². The summed E-state index contributed by atoms with van der Waals surface area (Å²) in [5.41, 5.74) is 3.06. The minimum Gasteiger partial charge on any atom is -0.438 e. The lowest BCUT2D eigenvalue weighted by atomic mass is 10.2. The number of rotatable bonds is 3. The van der Waals surface area contributed by atoms with Crippen LogP contribution in [0.25, 0.3) is 22.4 Å². The molecule has 0 fully saturated rings. The van der Waals surface area contributed by atoms with E-state index in [2.05, 4.69) is 36.5 Å². The number of hydrogen-bond donors (Lipinski definition) is 0. The van der Waals surface area contributed by atoms with E-state index >= 15 is 0 Å². The number of aromatic nitrogens is 4. The maximum atomic E-state index is 5.67. The van der Waals surface area contributed by atoms with E-state index in [-0.39, 0.29) is 0 Å². The van der Waals surface area contributed by atoms with Crippen molar-refractivity contribution in [2.24, 2.45) is 7.05 Å². The maximum Gasteiger partial charge on any atom is 0.237 e. The number of fused-ring (bicyclic) bond motifs is 1. The molecule has 0 saturated carbocycles. The van der Waals surface area contributed by atoms with Gasteiger partial charge < -0.3 is 9.30 Å². The molecule has 0 saturated heterocycles. The summed E-state index contributed by atoms with van der Waals surface area (Å²) in [6.07, 6.45) is 4.79. The topological polar surface area (TPSA) is 52.8 Å². The Labute approximate surface area is 147 Å². The predicted octanol–water partition coefficient (Wildman–Crippen LogP) is 4.59. The molecule has 0 bridgehead atoms. The third-order valence-electron chi connectivity index (χ3n) is 3.74. The summed E-state index contributed by atoms with van der Waals surface area (Å²) in [6, 6.07) is 13.8. The molecule has 0 aliphatic carbocycles. The minimum atomic E-state index is 0.469. The first-order valence-electron chi connectivity index (χ1n) is 7.37. The van der Waals surface area contributed by atoms with E-state index in [0.29, 0.717) is 11.6 Å². The van der Waals surface area contributed by atoms with Crippen LogP contribution in [-0.4, -0.2) is 19.5 Å². The molecule has 0 aliphatic rings. The molecule has 0 N–H and O–H groups in total. The number of imidazole rings is 1. The van der Waals surface area contributed by atoms with Crippen LogP contribution in [0.2, 0.25) is 0 Å². The molecular weight excluding hydrogens is 368 g/mol. The Morgan fingerprint density at radius 1 is 1.04 bits per heavy atom. The Hall–Kier alpha value is -2.73. The molecule has 5 nitrogen and oxygen atoms in total. The number of aryl methyl sites for hydroxylation is 1. The van der Waals surface area contributed by atoms with E-state index in [9.17, 15) is 0 Å². The van der Waals surface area contributed by atoms with Crippen LogP contribution < -0.4 is 4.74 Å². The summed E-state index contributed by atoms with van der Waals surface area (Å²) in [5, 5.41) is 0. The first kappa shape index (κ1) is 14.8. The van der Waals surface area contributed by atoms with Gasteiger partial charge in [0, 0.05) is 29.5 Å². The fourth-order valence-corrected chi connectivity index (χ4v) is 3.01. The Morgan fingerprint density at radius 3 is 2.58 bits per heavy atom. The van der Waals surface area contributed by atoms with Gasteiger partial charge in [0.25, 0.3) is 0 Å². The highest BCUT2D eigenvalue weighted by molar-refractivity contribution is 9.10. The molecule has 0 radical (unpaired) electrons. The van der Waals surface area contributed by atoms with Crippen LogP contribution in [0.5, 0.6) is 11.6 Å². The van der Waals surface area contributed by atoms with Gasteiger partial charge in [0.1, 0.15) is 17.1 Å². The second-order valence-electron chi connectivity index (χ2n) is 5.27. The molecule has 0 unspecified atom stereocenters. The van der Waals surface area contributed by atoms with Crippen LogP contribution in [-0.2, 0) is 7.05 Å². The number of nitrogens with zero attached hydrogens (tertiary/aromatic N) is 4. The minimum absolute atomic E-state index is 0.469. The van der Waals surface area contributed by atoms with E-state index in [1.165, 1.54) is 0 Å². The highest BCUT2D eigenvalue weighted by atomic mass is 79.9. The van der Waals surface area contributed by atoms with Gasteiger partial charge in [-0.15, -0.1) is 0 Å². The summed E-state index contributed by atoms with van der Waals surface area (Å²) >= 11 is 3.56. The number of para-hydroxylation sites is 1. The summed E-state index contributed by atoms with van der Waals surface area (Å²) in [6.45, 7) is 0. The fraction of sp³-hybridized carbons (Fsp3) is 0.0556. The third-order valence-corrected chi connectivity index (χ3v) is 4.38. The van der Waals surface area contributed by atoms with Crippen molar-refractivity contribution in [2.45, 2.75) is 0 Å². The van der Waals surface area contributed by atoms with E-state index < -0.39 is 0 Å². The molecule has 2 aromatic carbocycles. The van der Waals surface area contributed by atoms with Gasteiger partial charge >= 0.3 is 0 Å². The lowest BCUT2D eigenvalue weighted by Gasteiger charge is -2.06. The number of ether oxygens (including phenoxy) is 1. The lowest BCUT2D eigenvalue weighted by Crippen LogP contribution is -1.93. The molecule has 4 aromatic rings. The van der Waals surface area contributed by atoms with Gasteiger partial charge in [-0.25, -0.2) is 9.97 Å². The third kappa shape index (κ3) is 2.65. The van der Waals surface area contributed by atoms with Crippen LogP contribution in [0.3, 0.4) is 0 Å². The number of hydrogen-bond acceptors (Lipinski definition) is 4. The Balaban J connectivity index is 1.68. The van der Waals surface area contributed by atoms with Crippen molar-refractivity contribution < 1.29 is 4.74 Å². The van der Waals surface area contributed by atoms with E-state index in [1.54, 1.807) is 18.6 Å². The van der Waals surface area contributed by atoms with Gasteiger partial charge in [-0.2, -0.15) is 0 Å². The molecule has 24 heavy (non-hydrogen) atoms. The van der Waals surface area contributed by atoms with E-state index in [4.69, 9.17) is 9.72 Å². The summed E-state index contributed by atoms with van der Waals surface area (Å²) in [7, 11) is 2.01. The average molecular weight is 381 g/mol. The molecular formula is C18H13BrN4O. The summed E-state index contributed by atoms with van der Waals surface area (Å²) in [4.78, 5) is 12.8. The summed E-state index contributed by atoms with van der Waals surface area (Å²) < 4.78 is 8.74. The predicted molar refractivity (Wildman–Crippen MR) is 96.0 cm³/mol. The zero-order valence-corrected chi connectivity index (χ0v) is 14.4. The molecule has 0 amide bonds. The quantitative estimate of drug-likeness (QED) is 0.521. The SMILES string of the molecule is Cn1c(-c2ccc(Oc3cnccn3)cc2)nc2c(Br)cccc21. The van der Waals surface area contributed by atoms with E-state index in [1.807, 2.05) is 43.4 Å².